The van der Waals surface area contributed by atoms with Gasteiger partial charge in [-0.1, -0.05) is 23.2 Å². The molecule has 1 rings (SSSR count). The Hall–Kier alpha value is -0.530. The quantitative estimate of drug-likeness (QED) is 0.751. The molecule has 0 heterocycles. The van der Waals surface area contributed by atoms with Crippen LogP contribution in [0.1, 0.15) is 0 Å². The van der Waals surface area contributed by atoms with E-state index >= 15 is 0 Å². The van der Waals surface area contributed by atoms with E-state index in [4.69, 9.17) is 33.7 Å². The van der Waals surface area contributed by atoms with Crippen molar-refractivity contribution in [3.63, 3.8) is 0 Å². The smallest absolute Gasteiger partial charge is 0.235 e. The molecule has 8 heteroatoms. The molecule has 0 unspecified atom stereocenters. The van der Waals surface area contributed by atoms with Crippen molar-refractivity contribution >= 4 is 38.9 Å². The Morgan fingerprint density at radius 2 is 1.78 bits per heavy atom. The molecule has 0 amide bonds. The molecule has 0 radical (unpaired) electrons. The van der Waals surface area contributed by atoms with E-state index in [0.29, 0.717) is 28.9 Å². The molecule has 5 nitrogen and oxygen atoms in total. The second kappa shape index (κ2) is 7.16. The van der Waals surface area contributed by atoms with Crippen LogP contribution >= 0.6 is 23.2 Å². The molecule has 0 aliphatic heterocycles. The van der Waals surface area contributed by atoms with E-state index in [1.165, 1.54) is 18.2 Å². The number of sulfonamides is 1. The standard InChI is InChI=1S/C10H14Cl2N2O3S/c11-8-5-9(12)7-10(6-8)14-18(15,16)4-3-17-2-1-13/h5-7,14H,1-4,13H2. The summed E-state index contributed by atoms with van der Waals surface area (Å²) in [6, 6.07) is 4.47. The maximum Gasteiger partial charge on any atom is 0.235 e. The van der Waals surface area contributed by atoms with E-state index in [9.17, 15) is 8.42 Å². The number of hydrogen-bond donors (Lipinski definition) is 2. The highest BCUT2D eigenvalue weighted by Gasteiger charge is 2.11. The predicted octanol–water partition coefficient (Wildman–Crippen LogP) is 1.71. The summed E-state index contributed by atoms with van der Waals surface area (Å²) in [4.78, 5) is 0. The first-order valence-electron chi connectivity index (χ1n) is 5.17. The van der Waals surface area contributed by atoms with Gasteiger partial charge in [0.1, 0.15) is 0 Å². The number of nitrogens with two attached hydrogens (primary N) is 1. The number of rotatable bonds is 7. The lowest BCUT2D eigenvalue weighted by Crippen LogP contribution is -2.21. The van der Waals surface area contributed by atoms with Gasteiger partial charge in [-0.2, -0.15) is 0 Å². The zero-order valence-corrected chi connectivity index (χ0v) is 11.9. The van der Waals surface area contributed by atoms with Crippen LogP contribution in [0.15, 0.2) is 18.2 Å². The summed E-state index contributed by atoms with van der Waals surface area (Å²) >= 11 is 11.5. The zero-order chi connectivity index (χ0) is 13.6. The third-order valence-electron chi connectivity index (χ3n) is 1.89. The minimum atomic E-state index is -3.48. The summed E-state index contributed by atoms with van der Waals surface area (Å²) in [5.74, 6) is -0.156. The fourth-order valence-corrected chi connectivity index (χ4v) is 2.64. The number of anilines is 1. The average molecular weight is 313 g/mol. The number of hydrogen-bond acceptors (Lipinski definition) is 4. The van der Waals surface area contributed by atoms with Crippen LogP contribution in [0.4, 0.5) is 5.69 Å². The van der Waals surface area contributed by atoms with Crippen LogP contribution < -0.4 is 10.5 Å². The van der Waals surface area contributed by atoms with E-state index in [2.05, 4.69) is 4.72 Å². The summed E-state index contributed by atoms with van der Waals surface area (Å²) in [6.45, 7) is 0.775. The van der Waals surface area contributed by atoms with Gasteiger partial charge < -0.3 is 10.5 Å². The molecule has 3 N–H and O–H groups in total. The first-order chi connectivity index (χ1) is 8.43. The van der Waals surface area contributed by atoms with Crippen LogP contribution in [-0.2, 0) is 14.8 Å². The second-order valence-electron chi connectivity index (χ2n) is 3.48. The van der Waals surface area contributed by atoms with Crippen molar-refractivity contribution in [2.24, 2.45) is 5.73 Å². The Morgan fingerprint density at radius 1 is 1.17 bits per heavy atom. The third-order valence-corrected chi connectivity index (χ3v) is 3.58. The molecule has 18 heavy (non-hydrogen) atoms. The van der Waals surface area contributed by atoms with Crippen molar-refractivity contribution in [3.8, 4) is 0 Å². The molecule has 0 aliphatic rings. The fraction of sp³-hybridized carbons (Fsp3) is 0.400. The van der Waals surface area contributed by atoms with Gasteiger partial charge in [-0.25, -0.2) is 8.42 Å². The molecular weight excluding hydrogens is 299 g/mol. The van der Waals surface area contributed by atoms with E-state index in [0.717, 1.165) is 0 Å². The lowest BCUT2D eigenvalue weighted by atomic mass is 10.3. The number of nitrogens with one attached hydrogen (secondary N) is 1. The highest BCUT2D eigenvalue weighted by molar-refractivity contribution is 7.92. The monoisotopic (exact) mass is 312 g/mol. The molecule has 0 spiro atoms. The summed E-state index contributed by atoms with van der Waals surface area (Å²) in [5, 5.41) is 0.721. The first-order valence-corrected chi connectivity index (χ1v) is 7.58. The van der Waals surface area contributed by atoms with Crippen LogP contribution in [0.2, 0.25) is 10.0 Å². The van der Waals surface area contributed by atoms with Gasteiger partial charge in [0.2, 0.25) is 10.0 Å². The number of benzene rings is 1. The van der Waals surface area contributed by atoms with E-state index in [1.807, 2.05) is 0 Å². The zero-order valence-electron chi connectivity index (χ0n) is 9.53. The Balaban J connectivity index is 2.59. The van der Waals surface area contributed by atoms with Gasteiger partial charge in [-0.05, 0) is 18.2 Å². The largest absolute Gasteiger partial charge is 0.379 e. The summed E-state index contributed by atoms with van der Waals surface area (Å²) < 4.78 is 30.7. The van der Waals surface area contributed by atoms with Crippen LogP contribution in [0, 0.1) is 0 Å². The topological polar surface area (TPSA) is 81.4 Å². The van der Waals surface area contributed by atoms with Gasteiger partial charge in [0.05, 0.1) is 24.7 Å². The maximum atomic E-state index is 11.7. The Bertz CT molecular complexity index is 474. The van der Waals surface area contributed by atoms with Gasteiger partial charge in [0, 0.05) is 16.6 Å². The molecule has 0 bridgehead atoms. The third kappa shape index (κ3) is 5.88. The SMILES string of the molecule is NCCOCCS(=O)(=O)Nc1cc(Cl)cc(Cl)c1. The Kier molecular flexibility index (Phi) is 6.17. The number of halogens is 2. The van der Waals surface area contributed by atoms with Crippen LogP contribution in [0.5, 0.6) is 0 Å². The maximum absolute atomic E-state index is 11.7. The van der Waals surface area contributed by atoms with E-state index in [-0.39, 0.29) is 12.4 Å². The Morgan fingerprint density at radius 3 is 2.33 bits per heavy atom. The van der Waals surface area contributed by atoms with E-state index < -0.39 is 10.0 Å². The van der Waals surface area contributed by atoms with Crippen molar-refractivity contribution in [2.75, 3.05) is 30.2 Å². The van der Waals surface area contributed by atoms with Crippen molar-refractivity contribution in [1.29, 1.82) is 0 Å². The molecule has 0 aliphatic carbocycles. The van der Waals surface area contributed by atoms with Crippen molar-refractivity contribution in [1.82, 2.24) is 0 Å². The van der Waals surface area contributed by atoms with Gasteiger partial charge in [-0.15, -0.1) is 0 Å². The molecule has 0 saturated carbocycles. The van der Waals surface area contributed by atoms with Crippen LogP contribution in [0.3, 0.4) is 0 Å². The minimum Gasteiger partial charge on any atom is -0.379 e. The van der Waals surface area contributed by atoms with Crippen molar-refractivity contribution < 1.29 is 13.2 Å². The lowest BCUT2D eigenvalue weighted by molar-refractivity contribution is 0.157. The van der Waals surface area contributed by atoms with Gasteiger partial charge in [0.25, 0.3) is 0 Å². The van der Waals surface area contributed by atoms with Crippen LogP contribution in [-0.4, -0.2) is 33.9 Å². The molecule has 0 fully saturated rings. The highest BCUT2D eigenvalue weighted by atomic mass is 35.5. The fourth-order valence-electron chi connectivity index (χ4n) is 1.20. The summed E-state index contributed by atoms with van der Waals surface area (Å²) in [5.41, 5.74) is 5.54. The summed E-state index contributed by atoms with van der Waals surface area (Å²) in [6.07, 6.45) is 0. The number of ether oxygens (including phenoxy) is 1. The lowest BCUT2D eigenvalue weighted by Gasteiger charge is -2.09. The normalized spacial score (nSPS) is 11.5. The molecule has 0 saturated heterocycles. The van der Waals surface area contributed by atoms with Crippen molar-refractivity contribution in [3.05, 3.63) is 28.2 Å². The summed E-state index contributed by atoms with van der Waals surface area (Å²) in [7, 11) is -3.48. The van der Waals surface area contributed by atoms with Gasteiger partial charge >= 0.3 is 0 Å². The first kappa shape index (κ1) is 15.5. The molecule has 1 aromatic rings. The average Bonchev–Trinajstić information content (AvgIpc) is 2.22. The predicted molar refractivity (Wildman–Crippen MR) is 73.7 cm³/mol. The van der Waals surface area contributed by atoms with Crippen LogP contribution in [0.25, 0.3) is 0 Å². The highest BCUT2D eigenvalue weighted by Crippen LogP contribution is 2.23. The Labute approximate surface area is 116 Å². The van der Waals surface area contributed by atoms with Crippen molar-refractivity contribution in [2.45, 2.75) is 0 Å². The molecule has 1 aromatic carbocycles. The molecule has 102 valence electrons. The minimum absolute atomic E-state index is 0.0842. The van der Waals surface area contributed by atoms with E-state index in [1.54, 1.807) is 0 Å². The van der Waals surface area contributed by atoms with Gasteiger partial charge in [0.15, 0.2) is 0 Å². The molecule has 0 aromatic heterocycles. The second-order valence-corrected chi connectivity index (χ2v) is 6.19. The molecule has 0 atom stereocenters. The van der Waals surface area contributed by atoms with Gasteiger partial charge in [-0.3, -0.25) is 4.72 Å². The molecular formula is C10H14Cl2N2O3S.